The first-order chi connectivity index (χ1) is 9.86. The van der Waals surface area contributed by atoms with Crippen LogP contribution in [0.4, 0.5) is 0 Å². The van der Waals surface area contributed by atoms with Crippen LogP contribution in [-0.2, 0) is 19.3 Å². The van der Waals surface area contributed by atoms with Crippen molar-refractivity contribution in [2.24, 2.45) is 0 Å². The van der Waals surface area contributed by atoms with E-state index in [1.54, 1.807) is 7.11 Å². The van der Waals surface area contributed by atoms with Crippen LogP contribution >= 0.6 is 0 Å². The molecule has 0 saturated heterocycles. The summed E-state index contributed by atoms with van der Waals surface area (Å²) in [6, 6.07) is 10.3. The van der Waals surface area contributed by atoms with Crippen molar-refractivity contribution in [1.82, 2.24) is 15.5 Å². The Hall–Kier alpha value is -1.94. The van der Waals surface area contributed by atoms with Crippen molar-refractivity contribution in [2.45, 2.75) is 19.3 Å². The van der Waals surface area contributed by atoms with Gasteiger partial charge in [-0.05, 0) is 30.7 Å². The molecular weight excluding hydrogens is 250 g/mol. The van der Waals surface area contributed by atoms with E-state index in [0.29, 0.717) is 0 Å². The van der Waals surface area contributed by atoms with Gasteiger partial charge in [-0.15, -0.1) is 0 Å². The summed E-state index contributed by atoms with van der Waals surface area (Å²) < 4.78 is 5.39. The van der Waals surface area contributed by atoms with Crippen molar-refractivity contribution < 1.29 is 4.74 Å². The van der Waals surface area contributed by atoms with E-state index in [-0.39, 0.29) is 0 Å². The lowest BCUT2D eigenvalue weighted by molar-refractivity contribution is 0.410. The van der Waals surface area contributed by atoms with E-state index in [4.69, 9.17) is 4.74 Å². The zero-order valence-corrected chi connectivity index (χ0v) is 11.7. The normalized spacial score (nSPS) is 14.4. The van der Waals surface area contributed by atoms with E-state index in [1.807, 2.05) is 18.2 Å². The zero-order valence-electron chi connectivity index (χ0n) is 11.7. The second kappa shape index (κ2) is 6.01. The number of fused-ring (bicyclic) bond motifs is 1. The van der Waals surface area contributed by atoms with Crippen LogP contribution in [0.25, 0.3) is 0 Å². The van der Waals surface area contributed by atoms with Gasteiger partial charge in [0.15, 0.2) is 0 Å². The zero-order chi connectivity index (χ0) is 13.8. The molecule has 0 amide bonds. The third kappa shape index (κ3) is 2.80. The van der Waals surface area contributed by atoms with Gasteiger partial charge in [0.05, 0.1) is 18.5 Å². The summed E-state index contributed by atoms with van der Waals surface area (Å²) in [6.45, 7) is 2.01. The first kappa shape index (κ1) is 13.1. The van der Waals surface area contributed by atoms with Gasteiger partial charge >= 0.3 is 0 Å². The van der Waals surface area contributed by atoms with Crippen LogP contribution in [0.2, 0.25) is 0 Å². The molecule has 4 nitrogen and oxygen atoms in total. The predicted molar refractivity (Wildman–Crippen MR) is 78.1 cm³/mol. The molecular formula is C16H19N3O. The van der Waals surface area contributed by atoms with Gasteiger partial charge in [0.25, 0.3) is 0 Å². The second-order valence-electron chi connectivity index (χ2n) is 5.05. The molecule has 0 unspecified atom stereocenters. The van der Waals surface area contributed by atoms with Crippen LogP contribution in [0, 0.1) is 0 Å². The van der Waals surface area contributed by atoms with Gasteiger partial charge in [-0.1, -0.05) is 18.2 Å². The number of hydrogen-bond donors (Lipinski definition) is 1. The third-order valence-corrected chi connectivity index (χ3v) is 3.68. The molecule has 0 bridgehead atoms. The summed E-state index contributed by atoms with van der Waals surface area (Å²) in [7, 11) is 1.70. The molecule has 20 heavy (non-hydrogen) atoms. The molecule has 1 aromatic heterocycles. The summed E-state index contributed by atoms with van der Waals surface area (Å²) in [5, 5.41) is 12.2. The molecule has 0 spiro atoms. The Morgan fingerprint density at radius 3 is 2.90 bits per heavy atom. The van der Waals surface area contributed by atoms with Crippen molar-refractivity contribution in [3.05, 3.63) is 52.8 Å². The number of aromatic nitrogens is 2. The van der Waals surface area contributed by atoms with E-state index in [1.165, 1.54) is 5.56 Å². The van der Waals surface area contributed by atoms with Gasteiger partial charge in [-0.2, -0.15) is 10.2 Å². The first-order valence-corrected chi connectivity index (χ1v) is 7.04. The van der Waals surface area contributed by atoms with Gasteiger partial charge in [-0.3, -0.25) is 0 Å². The van der Waals surface area contributed by atoms with Gasteiger partial charge < -0.3 is 10.1 Å². The summed E-state index contributed by atoms with van der Waals surface area (Å²) in [6.07, 6.45) is 2.76. The lowest BCUT2D eigenvalue weighted by atomic mass is 10.0. The van der Waals surface area contributed by atoms with Crippen molar-refractivity contribution in [2.75, 3.05) is 20.2 Å². The molecule has 1 N–H and O–H groups in total. The Labute approximate surface area is 119 Å². The Bertz CT molecular complexity index is 598. The molecule has 4 heteroatoms. The van der Waals surface area contributed by atoms with Crippen LogP contribution in [0.15, 0.2) is 30.3 Å². The van der Waals surface area contributed by atoms with E-state index >= 15 is 0 Å². The van der Waals surface area contributed by atoms with Crippen molar-refractivity contribution in [3.8, 4) is 5.75 Å². The SMILES string of the molecule is COc1ccccc1Cc1cc2c(nn1)CCNCC2. The molecule has 0 fully saturated rings. The summed E-state index contributed by atoms with van der Waals surface area (Å²) in [4.78, 5) is 0. The monoisotopic (exact) mass is 269 g/mol. The van der Waals surface area contributed by atoms with Crippen molar-refractivity contribution >= 4 is 0 Å². The van der Waals surface area contributed by atoms with E-state index in [9.17, 15) is 0 Å². The molecule has 0 atom stereocenters. The van der Waals surface area contributed by atoms with Gasteiger partial charge in [0.1, 0.15) is 5.75 Å². The largest absolute Gasteiger partial charge is 0.496 e. The summed E-state index contributed by atoms with van der Waals surface area (Å²) >= 11 is 0. The maximum Gasteiger partial charge on any atom is 0.122 e. The lowest BCUT2D eigenvalue weighted by Crippen LogP contribution is -2.16. The smallest absolute Gasteiger partial charge is 0.122 e. The van der Waals surface area contributed by atoms with Crippen LogP contribution < -0.4 is 10.1 Å². The minimum absolute atomic E-state index is 0.762. The Morgan fingerprint density at radius 1 is 1.15 bits per heavy atom. The fourth-order valence-corrected chi connectivity index (χ4v) is 2.61. The maximum absolute atomic E-state index is 5.39. The standard InChI is InChI=1S/C16H19N3O/c1-20-16-5-3-2-4-13(16)11-14-10-12-6-8-17-9-7-15(12)19-18-14/h2-5,10,17H,6-9,11H2,1H3. The highest BCUT2D eigenvalue weighted by atomic mass is 16.5. The molecule has 2 heterocycles. The van der Waals surface area contributed by atoms with Gasteiger partial charge in [0, 0.05) is 24.9 Å². The number of ether oxygens (including phenoxy) is 1. The molecule has 1 aliphatic rings. The third-order valence-electron chi connectivity index (χ3n) is 3.68. The number of nitrogens with zero attached hydrogens (tertiary/aromatic N) is 2. The number of para-hydroxylation sites is 1. The number of hydrogen-bond acceptors (Lipinski definition) is 4. The van der Waals surface area contributed by atoms with Gasteiger partial charge in [0.2, 0.25) is 0 Å². The molecule has 3 rings (SSSR count). The number of benzene rings is 1. The number of rotatable bonds is 3. The molecule has 0 saturated carbocycles. The molecule has 104 valence electrons. The lowest BCUT2D eigenvalue weighted by Gasteiger charge is -2.09. The molecule has 1 aliphatic heterocycles. The maximum atomic E-state index is 5.39. The van der Waals surface area contributed by atoms with E-state index in [2.05, 4.69) is 27.6 Å². The van der Waals surface area contributed by atoms with Crippen LogP contribution in [0.1, 0.15) is 22.5 Å². The first-order valence-electron chi connectivity index (χ1n) is 7.04. The average molecular weight is 269 g/mol. The van der Waals surface area contributed by atoms with Crippen LogP contribution in [-0.4, -0.2) is 30.4 Å². The highest BCUT2D eigenvalue weighted by Crippen LogP contribution is 2.21. The minimum atomic E-state index is 0.762. The van der Waals surface area contributed by atoms with Crippen molar-refractivity contribution in [3.63, 3.8) is 0 Å². The molecule has 1 aromatic carbocycles. The molecule has 0 aliphatic carbocycles. The van der Waals surface area contributed by atoms with Crippen molar-refractivity contribution in [1.29, 1.82) is 0 Å². The van der Waals surface area contributed by atoms with Crippen LogP contribution in [0.5, 0.6) is 5.75 Å². The second-order valence-corrected chi connectivity index (χ2v) is 5.05. The Balaban J connectivity index is 1.86. The number of methoxy groups -OCH3 is 1. The fourth-order valence-electron chi connectivity index (χ4n) is 2.61. The van der Waals surface area contributed by atoms with Crippen LogP contribution in [0.3, 0.4) is 0 Å². The highest BCUT2D eigenvalue weighted by Gasteiger charge is 2.12. The topological polar surface area (TPSA) is 47.0 Å². The summed E-state index contributed by atoms with van der Waals surface area (Å²) in [5.41, 5.74) is 4.62. The summed E-state index contributed by atoms with van der Waals surface area (Å²) in [5.74, 6) is 0.908. The quantitative estimate of drug-likeness (QED) is 0.922. The van der Waals surface area contributed by atoms with Gasteiger partial charge in [-0.25, -0.2) is 0 Å². The highest BCUT2D eigenvalue weighted by molar-refractivity contribution is 5.37. The Kier molecular flexibility index (Phi) is 3.92. The van der Waals surface area contributed by atoms with E-state index in [0.717, 1.165) is 55.1 Å². The average Bonchev–Trinajstić information content (AvgIpc) is 2.72. The molecule has 0 radical (unpaired) electrons. The fraction of sp³-hybridized carbons (Fsp3) is 0.375. The molecule has 2 aromatic rings. The Morgan fingerprint density at radius 2 is 2.00 bits per heavy atom. The van der Waals surface area contributed by atoms with E-state index < -0.39 is 0 Å². The minimum Gasteiger partial charge on any atom is -0.496 e. The predicted octanol–water partition coefficient (Wildman–Crippen LogP) is 1.76. The number of nitrogens with one attached hydrogen (secondary N) is 1.